The molecule has 8 nitrogen and oxygen atoms in total. The van der Waals surface area contributed by atoms with Crippen LogP contribution in [-0.4, -0.2) is 71.6 Å². The van der Waals surface area contributed by atoms with Gasteiger partial charge in [-0.1, -0.05) is 18.2 Å². The number of aromatic nitrogens is 2. The van der Waals surface area contributed by atoms with Gasteiger partial charge in [-0.3, -0.25) is 9.36 Å². The maximum Gasteiger partial charge on any atom is 0.270 e. The van der Waals surface area contributed by atoms with Crippen molar-refractivity contribution in [3.05, 3.63) is 54.4 Å². The van der Waals surface area contributed by atoms with Crippen molar-refractivity contribution in [2.75, 3.05) is 32.4 Å². The summed E-state index contributed by atoms with van der Waals surface area (Å²) in [5.74, 6) is 1.34. The molecular weight excluding hydrogens is 440 g/mol. The molecule has 0 saturated carbocycles. The molecule has 0 N–H and O–H groups in total. The average molecular weight is 469 g/mol. The number of ether oxygens (including phenoxy) is 1. The Morgan fingerprint density at radius 1 is 1.03 bits per heavy atom. The zero-order chi connectivity index (χ0) is 23.0. The number of pyridine rings is 1. The predicted octanol–water partition coefficient (Wildman–Crippen LogP) is 3.06. The van der Waals surface area contributed by atoms with Crippen LogP contribution in [0.2, 0.25) is 0 Å². The number of benzene rings is 1. The summed E-state index contributed by atoms with van der Waals surface area (Å²) < 4.78 is 32.9. The van der Waals surface area contributed by atoms with Crippen molar-refractivity contribution in [2.45, 2.75) is 31.8 Å². The van der Waals surface area contributed by atoms with E-state index >= 15 is 0 Å². The smallest absolute Gasteiger partial charge is 0.270 e. The minimum absolute atomic E-state index is 0.0310. The quantitative estimate of drug-likeness (QED) is 0.575. The number of fused-ring (bicyclic) bond motifs is 1. The largest absolute Gasteiger partial charge is 0.489 e. The van der Waals surface area contributed by atoms with E-state index in [2.05, 4.69) is 4.98 Å². The fraction of sp³-hybridized carbons (Fsp3) is 0.417. The van der Waals surface area contributed by atoms with Crippen LogP contribution in [0.3, 0.4) is 0 Å². The lowest BCUT2D eigenvalue weighted by atomic mass is 10.1. The highest BCUT2D eigenvalue weighted by Crippen LogP contribution is 2.27. The third-order valence-electron chi connectivity index (χ3n) is 6.45. The maximum absolute atomic E-state index is 13.2. The molecule has 0 spiro atoms. The van der Waals surface area contributed by atoms with Crippen LogP contribution in [0.15, 0.2) is 48.7 Å². The second-order valence-corrected chi connectivity index (χ2v) is 10.7. The Balaban J connectivity index is 1.37. The van der Waals surface area contributed by atoms with Crippen molar-refractivity contribution in [3.63, 3.8) is 0 Å². The van der Waals surface area contributed by atoms with Gasteiger partial charge >= 0.3 is 0 Å². The molecule has 9 heteroatoms. The van der Waals surface area contributed by atoms with Gasteiger partial charge in [-0.2, -0.15) is 0 Å². The molecular formula is C24H28N4O4S. The summed E-state index contributed by atoms with van der Waals surface area (Å²) in [5, 5.41) is 1.000. The second-order valence-electron chi connectivity index (χ2n) is 8.75. The Labute approximate surface area is 193 Å². The topological polar surface area (TPSA) is 84.7 Å². The molecule has 0 atom stereocenters. The molecule has 0 aliphatic carbocycles. The van der Waals surface area contributed by atoms with Crippen LogP contribution >= 0.6 is 0 Å². The normalized spacial score (nSPS) is 18.2. The van der Waals surface area contributed by atoms with Crippen LogP contribution in [0.5, 0.6) is 5.75 Å². The van der Waals surface area contributed by atoms with Crippen molar-refractivity contribution in [2.24, 2.45) is 0 Å². The van der Waals surface area contributed by atoms with Crippen molar-refractivity contribution in [1.82, 2.24) is 18.8 Å². The molecule has 2 aromatic heterocycles. The van der Waals surface area contributed by atoms with Crippen molar-refractivity contribution >= 4 is 26.8 Å². The van der Waals surface area contributed by atoms with Crippen molar-refractivity contribution < 1.29 is 17.9 Å². The summed E-state index contributed by atoms with van der Waals surface area (Å²) in [5.41, 5.74) is 1.56. The molecule has 1 amide bonds. The van der Waals surface area contributed by atoms with Gasteiger partial charge in [0.25, 0.3) is 5.91 Å². The number of hydrogen-bond acceptors (Lipinski definition) is 5. The number of para-hydroxylation sites is 1. The summed E-state index contributed by atoms with van der Waals surface area (Å²) in [6.07, 6.45) is 6.24. The number of amides is 1. The van der Waals surface area contributed by atoms with Gasteiger partial charge in [-0.15, -0.1) is 0 Å². The standard InChI is InChI=1S/C24H28N4O4S/c1-33(30,31)27-14-10-19(11-15-27)32-20-8-9-23(25-17-20)28-21-7-3-2-6-18(21)16-22(28)24(29)26-12-4-5-13-26/h2-3,6-9,16-17,19H,4-5,10-15H2,1H3. The molecule has 2 aliphatic rings. The summed E-state index contributed by atoms with van der Waals surface area (Å²) in [6, 6.07) is 13.6. The fourth-order valence-corrected chi connectivity index (χ4v) is 5.56. The maximum atomic E-state index is 13.2. The van der Waals surface area contributed by atoms with Gasteiger partial charge in [0, 0.05) is 31.6 Å². The van der Waals surface area contributed by atoms with Crippen LogP contribution < -0.4 is 4.74 Å². The highest BCUT2D eigenvalue weighted by molar-refractivity contribution is 7.88. The summed E-state index contributed by atoms with van der Waals surface area (Å²) in [6.45, 7) is 2.51. The van der Waals surface area contributed by atoms with Gasteiger partial charge in [0.15, 0.2) is 0 Å². The van der Waals surface area contributed by atoms with E-state index in [0.717, 1.165) is 36.8 Å². The zero-order valence-corrected chi connectivity index (χ0v) is 19.5. The lowest BCUT2D eigenvalue weighted by Gasteiger charge is -2.30. The van der Waals surface area contributed by atoms with E-state index in [9.17, 15) is 13.2 Å². The van der Waals surface area contributed by atoms with E-state index in [1.54, 1.807) is 6.20 Å². The first-order chi connectivity index (χ1) is 15.9. The molecule has 1 aromatic carbocycles. The number of nitrogens with zero attached hydrogens (tertiary/aromatic N) is 4. The Hall–Kier alpha value is -2.91. The number of piperidine rings is 1. The summed E-state index contributed by atoms with van der Waals surface area (Å²) in [7, 11) is -3.16. The number of carbonyl (C=O) groups excluding carboxylic acids is 1. The van der Waals surface area contributed by atoms with E-state index in [0.29, 0.717) is 43.2 Å². The second kappa shape index (κ2) is 8.79. The van der Waals surface area contributed by atoms with Gasteiger partial charge in [0.05, 0.1) is 18.0 Å². The number of carbonyl (C=O) groups is 1. The third kappa shape index (κ3) is 4.47. The van der Waals surface area contributed by atoms with E-state index in [4.69, 9.17) is 4.74 Å². The average Bonchev–Trinajstić information content (AvgIpc) is 3.47. The van der Waals surface area contributed by atoms with E-state index in [-0.39, 0.29) is 12.0 Å². The molecule has 2 aliphatic heterocycles. The molecule has 33 heavy (non-hydrogen) atoms. The highest BCUT2D eigenvalue weighted by Gasteiger charge is 2.27. The molecule has 0 unspecified atom stereocenters. The Morgan fingerprint density at radius 3 is 2.42 bits per heavy atom. The van der Waals surface area contributed by atoms with Gasteiger partial charge in [-0.25, -0.2) is 17.7 Å². The summed E-state index contributed by atoms with van der Waals surface area (Å²) in [4.78, 5) is 19.8. The number of likely N-dealkylation sites (tertiary alicyclic amines) is 1. The fourth-order valence-electron chi connectivity index (χ4n) is 4.69. The number of hydrogen-bond donors (Lipinski definition) is 0. The molecule has 3 aromatic rings. The highest BCUT2D eigenvalue weighted by atomic mass is 32.2. The minimum Gasteiger partial charge on any atom is -0.489 e. The predicted molar refractivity (Wildman–Crippen MR) is 126 cm³/mol. The first-order valence-corrected chi connectivity index (χ1v) is 13.2. The van der Waals surface area contributed by atoms with Crippen LogP contribution in [0.1, 0.15) is 36.2 Å². The Bertz CT molecular complexity index is 1260. The SMILES string of the molecule is CS(=O)(=O)N1CCC(Oc2ccc(-n3c(C(=O)N4CCCC4)cc4ccccc43)nc2)CC1. The van der Waals surface area contributed by atoms with Gasteiger partial charge in [0.2, 0.25) is 10.0 Å². The van der Waals surface area contributed by atoms with E-state index < -0.39 is 10.0 Å². The monoisotopic (exact) mass is 468 g/mol. The van der Waals surface area contributed by atoms with Crippen LogP contribution in [0.25, 0.3) is 16.7 Å². The van der Waals surface area contributed by atoms with Gasteiger partial charge in [0.1, 0.15) is 23.4 Å². The molecule has 2 saturated heterocycles. The Morgan fingerprint density at radius 2 is 1.76 bits per heavy atom. The van der Waals surface area contributed by atoms with Crippen LogP contribution in [0.4, 0.5) is 0 Å². The van der Waals surface area contributed by atoms with Crippen molar-refractivity contribution in [1.29, 1.82) is 0 Å². The molecule has 2 fully saturated rings. The van der Waals surface area contributed by atoms with Gasteiger partial charge in [-0.05, 0) is 49.9 Å². The molecule has 0 radical (unpaired) electrons. The first-order valence-electron chi connectivity index (χ1n) is 11.4. The minimum atomic E-state index is -3.16. The lowest BCUT2D eigenvalue weighted by molar-refractivity contribution is 0.0785. The van der Waals surface area contributed by atoms with Crippen molar-refractivity contribution in [3.8, 4) is 11.6 Å². The summed E-state index contributed by atoms with van der Waals surface area (Å²) >= 11 is 0. The number of sulfonamides is 1. The van der Waals surface area contributed by atoms with Crippen LogP contribution in [0, 0.1) is 0 Å². The van der Waals surface area contributed by atoms with E-state index in [1.165, 1.54) is 10.6 Å². The van der Waals surface area contributed by atoms with Gasteiger partial charge < -0.3 is 9.64 Å². The van der Waals surface area contributed by atoms with E-state index in [1.807, 2.05) is 51.9 Å². The zero-order valence-electron chi connectivity index (χ0n) is 18.7. The van der Waals surface area contributed by atoms with Crippen LogP contribution in [-0.2, 0) is 10.0 Å². The lowest BCUT2D eigenvalue weighted by Crippen LogP contribution is -2.41. The number of rotatable bonds is 5. The first kappa shape index (κ1) is 21.9. The third-order valence-corrected chi connectivity index (χ3v) is 7.75. The molecule has 0 bridgehead atoms. The molecule has 4 heterocycles. The Kier molecular flexibility index (Phi) is 5.84. The molecule has 174 valence electrons. The molecule has 5 rings (SSSR count).